The molecule has 0 aromatic heterocycles. The van der Waals surface area contributed by atoms with Gasteiger partial charge in [0, 0.05) is 11.0 Å². The van der Waals surface area contributed by atoms with Crippen LogP contribution in [0.5, 0.6) is 0 Å². The molecule has 2 aliphatic rings. The fraction of sp³-hybridized carbons (Fsp3) is 0.500. The van der Waals surface area contributed by atoms with E-state index in [1.165, 1.54) is 12.2 Å². The van der Waals surface area contributed by atoms with E-state index in [-0.39, 0.29) is 6.10 Å². The Morgan fingerprint density at radius 2 is 2.40 bits per heavy atom. The Morgan fingerprint density at radius 3 is 2.93 bits per heavy atom. The van der Waals surface area contributed by atoms with Crippen molar-refractivity contribution in [2.75, 3.05) is 6.61 Å². The Labute approximate surface area is 97.3 Å². The van der Waals surface area contributed by atoms with Gasteiger partial charge in [0.05, 0.1) is 23.6 Å². The summed E-state index contributed by atoms with van der Waals surface area (Å²) in [6.07, 6.45) is 5.02. The van der Waals surface area contributed by atoms with Crippen molar-refractivity contribution >= 4 is 29.2 Å². The van der Waals surface area contributed by atoms with E-state index in [0.717, 1.165) is 0 Å². The predicted octanol–water partition coefficient (Wildman–Crippen LogP) is 0.811. The van der Waals surface area contributed by atoms with Crippen molar-refractivity contribution in [3.63, 3.8) is 0 Å². The summed E-state index contributed by atoms with van der Waals surface area (Å²) in [5, 5.41) is 11.4. The summed E-state index contributed by atoms with van der Waals surface area (Å²) < 4.78 is 5.05. The van der Waals surface area contributed by atoms with Crippen molar-refractivity contribution in [2.24, 2.45) is 5.92 Å². The van der Waals surface area contributed by atoms with Gasteiger partial charge in [0.15, 0.2) is 0 Å². The Balaban J connectivity index is 2.22. The minimum absolute atomic E-state index is 0.0385. The minimum Gasteiger partial charge on any atom is -0.549 e. The van der Waals surface area contributed by atoms with Crippen LogP contribution in [0.15, 0.2) is 23.3 Å². The molecule has 0 radical (unpaired) electrons. The van der Waals surface area contributed by atoms with Crippen LogP contribution in [0.2, 0.25) is 0 Å². The lowest BCUT2D eigenvalue weighted by atomic mass is 9.84. The Bertz CT molecular complexity index is 347. The van der Waals surface area contributed by atoms with Gasteiger partial charge in [-0.1, -0.05) is 17.7 Å². The van der Waals surface area contributed by atoms with Crippen LogP contribution in [0, 0.1) is 5.92 Å². The third-order valence-corrected chi connectivity index (χ3v) is 3.27. The van der Waals surface area contributed by atoms with Crippen molar-refractivity contribution in [2.45, 2.75) is 17.4 Å². The number of hydrogen-bond acceptors (Lipinski definition) is 3. The molecule has 0 N–H and O–H groups in total. The van der Waals surface area contributed by atoms with Gasteiger partial charge in [-0.25, -0.2) is 0 Å². The highest BCUT2D eigenvalue weighted by Gasteiger charge is 2.42. The Morgan fingerprint density at radius 1 is 1.73 bits per heavy atom. The quantitative estimate of drug-likeness (QED) is 0.548. The lowest BCUT2D eigenvalue weighted by Gasteiger charge is -2.33. The molecular weight excluding hydrogens is 239 g/mol. The molecule has 3 unspecified atom stereocenters. The molecule has 15 heavy (non-hydrogen) atoms. The van der Waals surface area contributed by atoms with Gasteiger partial charge in [0.2, 0.25) is 0 Å². The second kappa shape index (κ2) is 3.81. The van der Waals surface area contributed by atoms with E-state index in [9.17, 15) is 9.90 Å². The van der Waals surface area contributed by atoms with Crippen LogP contribution in [0.25, 0.3) is 0 Å². The molecule has 3 nitrogen and oxygen atoms in total. The first-order valence-corrected chi connectivity index (χ1v) is 5.35. The average Bonchev–Trinajstić information content (AvgIpc) is 2.86. The van der Waals surface area contributed by atoms with E-state index in [2.05, 4.69) is 0 Å². The Kier molecular flexibility index (Phi) is 2.79. The molecule has 0 bridgehead atoms. The molecule has 1 fully saturated rings. The summed E-state index contributed by atoms with van der Waals surface area (Å²) in [4.78, 5) is 9.90. The van der Waals surface area contributed by atoms with Gasteiger partial charge in [-0.05, 0) is 18.6 Å². The first-order valence-electron chi connectivity index (χ1n) is 4.59. The first-order chi connectivity index (χ1) is 7.01. The number of carboxylic acid groups (broad SMARTS) is 1. The number of aliphatic carboxylic acids is 1. The fourth-order valence-corrected chi connectivity index (χ4v) is 2.49. The summed E-state index contributed by atoms with van der Waals surface area (Å²) >= 11 is 12.1. The standard InChI is InChI=1S/C10H10Cl2O3/c11-6-1-2-8(9(13)14)10(12,3-6)4-7-5-15-7/h1-3,7-8H,4-5H2,(H,13,14)/p-1. The van der Waals surface area contributed by atoms with Crippen LogP contribution in [-0.4, -0.2) is 23.6 Å². The number of ether oxygens (including phenoxy) is 1. The van der Waals surface area contributed by atoms with Crippen molar-refractivity contribution in [3.05, 3.63) is 23.3 Å². The summed E-state index contributed by atoms with van der Waals surface area (Å²) in [6.45, 7) is 0.628. The molecule has 0 aromatic carbocycles. The number of alkyl halides is 1. The number of halogens is 2. The van der Waals surface area contributed by atoms with Crippen molar-refractivity contribution < 1.29 is 14.6 Å². The van der Waals surface area contributed by atoms with E-state index in [0.29, 0.717) is 18.1 Å². The molecule has 82 valence electrons. The smallest absolute Gasteiger partial charge is 0.0830 e. The SMILES string of the molecule is O=C([O-])C1C=CC(Cl)=CC1(Cl)CC1CO1. The largest absolute Gasteiger partial charge is 0.549 e. The van der Waals surface area contributed by atoms with Crippen LogP contribution in [0.4, 0.5) is 0 Å². The van der Waals surface area contributed by atoms with Crippen molar-refractivity contribution in [3.8, 4) is 0 Å². The van der Waals surface area contributed by atoms with E-state index in [1.807, 2.05) is 0 Å². The monoisotopic (exact) mass is 247 g/mol. The molecule has 0 amide bonds. The molecule has 0 spiro atoms. The fourth-order valence-electron chi connectivity index (χ4n) is 1.71. The van der Waals surface area contributed by atoms with Gasteiger partial charge >= 0.3 is 0 Å². The number of hydrogen-bond donors (Lipinski definition) is 0. The number of allylic oxidation sites excluding steroid dienone is 3. The second-order valence-electron chi connectivity index (χ2n) is 3.77. The molecule has 1 aliphatic carbocycles. The van der Waals surface area contributed by atoms with Gasteiger partial charge in [-0.15, -0.1) is 11.6 Å². The zero-order chi connectivity index (χ0) is 11.1. The van der Waals surface area contributed by atoms with Crippen molar-refractivity contribution in [1.29, 1.82) is 0 Å². The maximum atomic E-state index is 10.9. The highest BCUT2D eigenvalue weighted by molar-refractivity contribution is 6.34. The lowest BCUT2D eigenvalue weighted by molar-refractivity contribution is -0.310. The second-order valence-corrected chi connectivity index (χ2v) is 4.91. The highest BCUT2D eigenvalue weighted by atomic mass is 35.5. The average molecular weight is 248 g/mol. The van der Waals surface area contributed by atoms with Gasteiger partial charge in [-0.2, -0.15) is 0 Å². The molecule has 1 heterocycles. The summed E-state index contributed by atoms with van der Waals surface area (Å²) in [5.74, 6) is -2.05. The first kappa shape index (κ1) is 11.0. The number of epoxide rings is 1. The van der Waals surface area contributed by atoms with Crippen LogP contribution in [0.1, 0.15) is 6.42 Å². The highest BCUT2D eigenvalue weighted by Crippen LogP contribution is 2.40. The molecule has 1 aliphatic heterocycles. The van der Waals surface area contributed by atoms with E-state index in [1.54, 1.807) is 6.08 Å². The number of rotatable bonds is 3. The summed E-state index contributed by atoms with van der Waals surface area (Å²) in [7, 11) is 0. The normalized spacial score (nSPS) is 38.7. The minimum atomic E-state index is -1.19. The lowest BCUT2D eigenvalue weighted by Crippen LogP contribution is -2.44. The maximum Gasteiger partial charge on any atom is 0.0830 e. The van der Waals surface area contributed by atoms with E-state index < -0.39 is 16.8 Å². The van der Waals surface area contributed by atoms with E-state index in [4.69, 9.17) is 27.9 Å². The maximum absolute atomic E-state index is 10.9. The van der Waals surface area contributed by atoms with Crippen LogP contribution < -0.4 is 5.11 Å². The molecule has 1 saturated heterocycles. The number of carbonyl (C=O) groups excluding carboxylic acids is 1. The van der Waals surface area contributed by atoms with Crippen LogP contribution in [-0.2, 0) is 9.53 Å². The molecule has 2 rings (SSSR count). The van der Waals surface area contributed by atoms with Gasteiger partial charge in [-0.3, -0.25) is 0 Å². The van der Waals surface area contributed by atoms with Crippen LogP contribution >= 0.6 is 23.2 Å². The third-order valence-electron chi connectivity index (χ3n) is 2.54. The zero-order valence-corrected chi connectivity index (χ0v) is 9.29. The van der Waals surface area contributed by atoms with Gasteiger partial charge < -0.3 is 14.6 Å². The summed E-state index contributed by atoms with van der Waals surface area (Å²) in [5.41, 5.74) is 0. The topological polar surface area (TPSA) is 52.7 Å². The van der Waals surface area contributed by atoms with Gasteiger partial charge in [0.25, 0.3) is 0 Å². The number of carbonyl (C=O) groups is 1. The van der Waals surface area contributed by atoms with Gasteiger partial charge in [0.1, 0.15) is 0 Å². The van der Waals surface area contributed by atoms with Crippen LogP contribution in [0.3, 0.4) is 0 Å². The molecule has 5 heteroatoms. The predicted molar refractivity (Wildman–Crippen MR) is 54.5 cm³/mol. The summed E-state index contributed by atoms with van der Waals surface area (Å²) in [6, 6.07) is 0. The zero-order valence-electron chi connectivity index (χ0n) is 7.78. The van der Waals surface area contributed by atoms with Crippen molar-refractivity contribution in [1.82, 2.24) is 0 Å². The molecule has 3 atom stereocenters. The van der Waals surface area contributed by atoms with E-state index >= 15 is 0 Å². The molecular formula is C10H9Cl2O3-. The third kappa shape index (κ3) is 2.36. The number of carboxylic acids is 1. The Hall–Kier alpha value is -0.510. The molecule has 0 aromatic rings. The molecule has 0 saturated carbocycles.